The number of halogens is 1. The predicted molar refractivity (Wildman–Crippen MR) is 69.4 cm³/mol. The zero-order valence-corrected chi connectivity index (χ0v) is 10.7. The molecule has 15 heavy (non-hydrogen) atoms. The predicted octanol–water partition coefficient (Wildman–Crippen LogP) is 3.92. The Balaban J connectivity index is 1.89. The summed E-state index contributed by atoms with van der Waals surface area (Å²) in [5.74, 6) is 0. The third kappa shape index (κ3) is 2.10. The van der Waals surface area contributed by atoms with E-state index < -0.39 is 0 Å². The molecule has 0 radical (unpaired) electrons. The molecule has 1 heterocycles. The van der Waals surface area contributed by atoms with Crippen LogP contribution in [0.4, 0.5) is 0 Å². The van der Waals surface area contributed by atoms with E-state index in [1.54, 1.807) is 0 Å². The number of nitrogens with one attached hydrogen (secondary N) is 1. The van der Waals surface area contributed by atoms with E-state index in [0.29, 0.717) is 0 Å². The van der Waals surface area contributed by atoms with E-state index in [1.165, 1.54) is 33.0 Å². The average Bonchev–Trinajstić information content (AvgIpc) is 2.97. The monoisotopic (exact) mass is 281 g/mol. The lowest BCUT2D eigenvalue weighted by Gasteiger charge is -2.01. The lowest BCUT2D eigenvalue weighted by atomic mass is 10.2. The van der Waals surface area contributed by atoms with Crippen molar-refractivity contribution in [3.63, 3.8) is 0 Å². The van der Waals surface area contributed by atoms with Crippen LogP contribution in [0.3, 0.4) is 0 Å². The van der Waals surface area contributed by atoms with Gasteiger partial charge in [0.2, 0.25) is 0 Å². The number of hydrogen-bond donors (Lipinski definition) is 1. The minimum Gasteiger partial charge on any atom is -0.310 e. The molecule has 3 heteroatoms. The molecule has 1 aromatic heterocycles. The van der Waals surface area contributed by atoms with Crippen LogP contribution < -0.4 is 5.32 Å². The second-order valence-electron chi connectivity index (χ2n) is 4.06. The molecule has 0 unspecified atom stereocenters. The van der Waals surface area contributed by atoms with Gasteiger partial charge in [0.15, 0.2) is 0 Å². The van der Waals surface area contributed by atoms with Crippen LogP contribution in [-0.2, 0) is 6.54 Å². The van der Waals surface area contributed by atoms with E-state index >= 15 is 0 Å². The average molecular weight is 282 g/mol. The van der Waals surface area contributed by atoms with Gasteiger partial charge in [-0.05, 0) is 41.3 Å². The third-order valence-corrected chi connectivity index (χ3v) is 4.26. The molecule has 1 nitrogen and oxygen atoms in total. The van der Waals surface area contributed by atoms with Gasteiger partial charge in [0.1, 0.15) is 0 Å². The number of hydrogen-bond acceptors (Lipinski definition) is 2. The van der Waals surface area contributed by atoms with E-state index in [9.17, 15) is 0 Å². The summed E-state index contributed by atoms with van der Waals surface area (Å²) in [6.45, 7) is 1.02. The van der Waals surface area contributed by atoms with Crippen LogP contribution in [-0.4, -0.2) is 6.04 Å². The highest BCUT2D eigenvalue weighted by atomic mass is 79.9. The Kier molecular flexibility index (Phi) is 2.54. The zero-order chi connectivity index (χ0) is 10.3. The fraction of sp³-hybridized carbons (Fsp3) is 0.333. The molecule has 0 aliphatic heterocycles. The van der Waals surface area contributed by atoms with Gasteiger partial charge in [0, 0.05) is 21.8 Å². The van der Waals surface area contributed by atoms with Gasteiger partial charge in [-0.25, -0.2) is 0 Å². The van der Waals surface area contributed by atoms with Crippen LogP contribution in [0.25, 0.3) is 10.1 Å². The molecule has 0 atom stereocenters. The van der Waals surface area contributed by atoms with Crippen molar-refractivity contribution in [1.82, 2.24) is 5.32 Å². The maximum Gasteiger partial charge on any atom is 0.0357 e. The first kappa shape index (κ1) is 9.82. The maximum absolute atomic E-state index is 3.56. The molecule has 78 valence electrons. The normalized spacial score (nSPS) is 16.1. The molecule has 0 bridgehead atoms. The van der Waals surface area contributed by atoms with Crippen LogP contribution in [0.5, 0.6) is 0 Å². The lowest BCUT2D eigenvalue weighted by molar-refractivity contribution is 0.692. The van der Waals surface area contributed by atoms with E-state index in [4.69, 9.17) is 0 Å². The number of rotatable bonds is 3. The Bertz CT molecular complexity index is 487. The first-order chi connectivity index (χ1) is 7.33. The molecule has 0 spiro atoms. The Hall–Kier alpha value is -0.380. The van der Waals surface area contributed by atoms with Crippen molar-refractivity contribution in [2.75, 3.05) is 0 Å². The van der Waals surface area contributed by atoms with Crippen molar-refractivity contribution in [2.24, 2.45) is 0 Å². The highest BCUT2D eigenvalue weighted by Gasteiger charge is 2.20. The standard InChI is InChI=1S/C12H12BrNS/c13-9-1-4-11-8(6-14-10-2-3-10)7-15-12(11)5-9/h1,4-5,7,10,14H,2-3,6H2. The first-order valence-electron chi connectivity index (χ1n) is 5.22. The van der Waals surface area contributed by atoms with Gasteiger partial charge in [0.25, 0.3) is 0 Å². The molecule has 1 N–H and O–H groups in total. The molecule has 1 fully saturated rings. The quantitative estimate of drug-likeness (QED) is 0.899. The Labute approximate surface area is 102 Å². The van der Waals surface area contributed by atoms with Gasteiger partial charge >= 0.3 is 0 Å². The van der Waals surface area contributed by atoms with Crippen LogP contribution >= 0.6 is 27.3 Å². The molecule has 2 aromatic rings. The highest BCUT2D eigenvalue weighted by Crippen LogP contribution is 2.29. The van der Waals surface area contributed by atoms with Crippen LogP contribution in [0.15, 0.2) is 28.1 Å². The third-order valence-electron chi connectivity index (χ3n) is 2.78. The topological polar surface area (TPSA) is 12.0 Å². The minimum atomic E-state index is 0.787. The van der Waals surface area contributed by atoms with Crippen molar-refractivity contribution in [3.05, 3.63) is 33.6 Å². The molecule has 0 amide bonds. The fourth-order valence-corrected chi connectivity index (χ4v) is 3.25. The minimum absolute atomic E-state index is 0.787. The molecular formula is C12H12BrNS. The SMILES string of the molecule is Brc1ccc2c(CNC3CC3)csc2c1. The maximum atomic E-state index is 3.56. The summed E-state index contributed by atoms with van der Waals surface area (Å²) in [4.78, 5) is 0. The summed E-state index contributed by atoms with van der Waals surface area (Å²) in [5, 5.41) is 7.23. The van der Waals surface area contributed by atoms with Crippen molar-refractivity contribution >= 4 is 37.4 Å². The molecule has 3 rings (SSSR count). The summed E-state index contributed by atoms with van der Waals surface area (Å²) in [5.41, 5.74) is 1.44. The van der Waals surface area contributed by atoms with Crippen LogP contribution in [0.1, 0.15) is 18.4 Å². The summed E-state index contributed by atoms with van der Waals surface area (Å²) < 4.78 is 2.54. The molecule has 1 saturated carbocycles. The second-order valence-corrected chi connectivity index (χ2v) is 5.88. The Morgan fingerprint density at radius 2 is 2.27 bits per heavy atom. The van der Waals surface area contributed by atoms with Gasteiger partial charge in [-0.3, -0.25) is 0 Å². The molecular weight excluding hydrogens is 270 g/mol. The Morgan fingerprint density at radius 3 is 3.07 bits per heavy atom. The largest absolute Gasteiger partial charge is 0.310 e. The van der Waals surface area contributed by atoms with Gasteiger partial charge < -0.3 is 5.32 Å². The summed E-state index contributed by atoms with van der Waals surface area (Å²) in [6.07, 6.45) is 2.71. The van der Waals surface area contributed by atoms with Gasteiger partial charge in [-0.1, -0.05) is 22.0 Å². The van der Waals surface area contributed by atoms with Crippen LogP contribution in [0, 0.1) is 0 Å². The number of benzene rings is 1. The van der Waals surface area contributed by atoms with Crippen molar-refractivity contribution in [2.45, 2.75) is 25.4 Å². The van der Waals surface area contributed by atoms with Gasteiger partial charge in [-0.2, -0.15) is 0 Å². The van der Waals surface area contributed by atoms with E-state index in [1.807, 2.05) is 11.3 Å². The zero-order valence-electron chi connectivity index (χ0n) is 8.29. The lowest BCUT2D eigenvalue weighted by Crippen LogP contribution is -2.14. The molecule has 1 aliphatic rings. The van der Waals surface area contributed by atoms with Crippen molar-refractivity contribution in [3.8, 4) is 0 Å². The molecule has 0 saturated heterocycles. The Morgan fingerprint density at radius 1 is 1.40 bits per heavy atom. The second kappa shape index (κ2) is 3.89. The van der Waals surface area contributed by atoms with Crippen LogP contribution in [0.2, 0.25) is 0 Å². The van der Waals surface area contributed by atoms with Crippen molar-refractivity contribution < 1.29 is 0 Å². The van der Waals surface area contributed by atoms with Crippen molar-refractivity contribution in [1.29, 1.82) is 0 Å². The van der Waals surface area contributed by atoms with Gasteiger partial charge in [-0.15, -0.1) is 11.3 Å². The summed E-state index contributed by atoms with van der Waals surface area (Å²) >= 11 is 5.34. The van der Waals surface area contributed by atoms with E-state index in [2.05, 4.69) is 44.8 Å². The smallest absolute Gasteiger partial charge is 0.0357 e. The summed E-state index contributed by atoms with van der Waals surface area (Å²) in [6, 6.07) is 7.31. The van der Waals surface area contributed by atoms with E-state index in [-0.39, 0.29) is 0 Å². The van der Waals surface area contributed by atoms with Gasteiger partial charge in [0.05, 0.1) is 0 Å². The molecule has 1 aromatic carbocycles. The fourth-order valence-electron chi connectivity index (χ4n) is 1.74. The highest BCUT2D eigenvalue weighted by molar-refractivity contribution is 9.10. The molecule has 1 aliphatic carbocycles. The number of thiophene rings is 1. The first-order valence-corrected chi connectivity index (χ1v) is 6.89. The van der Waals surface area contributed by atoms with E-state index in [0.717, 1.165) is 12.6 Å². The summed E-state index contributed by atoms with van der Waals surface area (Å²) in [7, 11) is 0. The number of fused-ring (bicyclic) bond motifs is 1.